The SMILES string of the molecule is CCC1CCCN1C(=O)CC1COCCN1. The molecule has 0 aromatic heterocycles. The average molecular weight is 226 g/mol. The Morgan fingerprint density at radius 1 is 1.56 bits per heavy atom. The quantitative estimate of drug-likeness (QED) is 0.772. The van der Waals surface area contributed by atoms with E-state index in [1.54, 1.807) is 0 Å². The molecule has 2 saturated heterocycles. The second kappa shape index (κ2) is 5.64. The van der Waals surface area contributed by atoms with E-state index in [1.165, 1.54) is 12.8 Å². The molecule has 2 unspecified atom stereocenters. The number of nitrogens with zero attached hydrogens (tertiary/aromatic N) is 1. The van der Waals surface area contributed by atoms with Gasteiger partial charge in [-0.3, -0.25) is 4.79 Å². The molecule has 2 fully saturated rings. The van der Waals surface area contributed by atoms with E-state index in [1.807, 2.05) is 0 Å². The second-order valence-corrected chi connectivity index (χ2v) is 4.72. The van der Waals surface area contributed by atoms with Gasteiger partial charge < -0.3 is 15.0 Å². The molecule has 2 rings (SSSR count). The van der Waals surface area contributed by atoms with Gasteiger partial charge in [-0.05, 0) is 19.3 Å². The van der Waals surface area contributed by atoms with Crippen LogP contribution in [0, 0.1) is 0 Å². The van der Waals surface area contributed by atoms with Crippen LogP contribution in [0.3, 0.4) is 0 Å². The Morgan fingerprint density at radius 3 is 3.12 bits per heavy atom. The minimum atomic E-state index is 0.222. The predicted molar refractivity (Wildman–Crippen MR) is 62.3 cm³/mol. The van der Waals surface area contributed by atoms with Crippen molar-refractivity contribution in [2.24, 2.45) is 0 Å². The van der Waals surface area contributed by atoms with Crippen LogP contribution < -0.4 is 5.32 Å². The maximum Gasteiger partial charge on any atom is 0.224 e. The first kappa shape index (κ1) is 11.9. The molecular formula is C12H22N2O2. The highest BCUT2D eigenvalue weighted by Gasteiger charge is 2.29. The van der Waals surface area contributed by atoms with Crippen LogP contribution in [0.1, 0.15) is 32.6 Å². The standard InChI is InChI=1S/C12H22N2O2/c1-2-11-4-3-6-14(11)12(15)8-10-9-16-7-5-13-10/h10-11,13H,2-9H2,1H3. The zero-order chi connectivity index (χ0) is 11.4. The molecule has 4 heteroatoms. The monoisotopic (exact) mass is 226 g/mol. The third-order valence-corrected chi connectivity index (χ3v) is 3.59. The van der Waals surface area contributed by atoms with Crippen molar-refractivity contribution in [1.29, 1.82) is 0 Å². The van der Waals surface area contributed by atoms with Crippen LogP contribution in [-0.4, -0.2) is 49.2 Å². The molecule has 4 nitrogen and oxygen atoms in total. The van der Waals surface area contributed by atoms with Crippen LogP contribution in [0.25, 0.3) is 0 Å². The zero-order valence-electron chi connectivity index (χ0n) is 10.1. The summed E-state index contributed by atoms with van der Waals surface area (Å²) in [6, 6.07) is 0.705. The maximum atomic E-state index is 12.1. The predicted octanol–water partition coefficient (Wildman–Crippen LogP) is 0.766. The summed E-state index contributed by atoms with van der Waals surface area (Å²) in [6.45, 7) is 5.43. The Bertz CT molecular complexity index is 239. The molecule has 0 saturated carbocycles. The highest BCUT2D eigenvalue weighted by atomic mass is 16.5. The van der Waals surface area contributed by atoms with Crippen molar-refractivity contribution in [2.45, 2.75) is 44.7 Å². The third-order valence-electron chi connectivity index (χ3n) is 3.59. The van der Waals surface area contributed by atoms with Gasteiger partial charge in [0.05, 0.1) is 13.2 Å². The fourth-order valence-electron chi connectivity index (χ4n) is 2.67. The van der Waals surface area contributed by atoms with Crippen molar-refractivity contribution >= 4 is 5.91 Å². The third kappa shape index (κ3) is 2.74. The van der Waals surface area contributed by atoms with Gasteiger partial charge in [-0.2, -0.15) is 0 Å². The summed E-state index contributed by atoms with van der Waals surface area (Å²) in [5.41, 5.74) is 0. The molecule has 1 N–H and O–H groups in total. The molecule has 0 aromatic carbocycles. The summed E-state index contributed by atoms with van der Waals surface area (Å²) in [4.78, 5) is 14.2. The van der Waals surface area contributed by atoms with Crippen LogP contribution in [0.4, 0.5) is 0 Å². The lowest BCUT2D eigenvalue weighted by atomic mass is 10.1. The van der Waals surface area contributed by atoms with Crippen LogP contribution in [0.5, 0.6) is 0 Å². The Balaban J connectivity index is 1.82. The number of carbonyl (C=O) groups excluding carboxylic acids is 1. The largest absolute Gasteiger partial charge is 0.378 e. The summed E-state index contributed by atoms with van der Waals surface area (Å²) < 4.78 is 5.37. The van der Waals surface area contributed by atoms with Gasteiger partial charge in [0, 0.05) is 31.6 Å². The molecule has 2 aliphatic heterocycles. The number of nitrogens with one attached hydrogen (secondary N) is 1. The maximum absolute atomic E-state index is 12.1. The van der Waals surface area contributed by atoms with Gasteiger partial charge in [0.2, 0.25) is 5.91 Å². The van der Waals surface area contributed by atoms with Crippen molar-refractivity contribution in [3.05, 3.63) is 0 Å². The Morgan fingerprint density at radius 2 is 2.44 bits per heavy atom. The fourth-order valence-corrected chi connectivity index (χ4v) is 2.67. The number of carbonyl (C=O) groups is 1. The molecule has 2 aliphatic rings. The normalized spacial score (nSPS) is 30.7. The minimum Gasteiger partial charge on any atom is -0.378 e. The van der Waals surface area contributed by atoms with Crippen molar-refractivity contribution in [3.8, 4) is 0 Å². The highest BCUT2D eigenvalue weighted by Crippen LogP contribution is 2.21. The van der Waals surface area contributed by atoms with E-state index < -0.39 is 0 Å². The van der Waals surface area contributed by atoms with Gasteiger partial charge in [-0.25, -0.2) is 0 Å². The first-order valence-corrected chi connectivity index (χ1v) is 6.42. The highest BCUT2D eigenvalue weighted by molar-refractivity contribution is 5.77. The Hall–Kier alpha value is -0.610. The Kier molecular flexibility index (Phi) is 4.18. The van der Waals surface area contributed by atoms with Gasteiger partial charge in [0.25, 0.3) is 0 Å². The lowest BCUT2D eigenvalue weighted by Gasteiger charge is -2.28. The van der Waals surface area contributed by atoms with Crippen LogP contribution in [-0.2, 0) is 9.53 Å². The fraction of sp³-hybridized carbons (Fsp3) is 0.917. The van der Waals surface area contributed by atoms with Crippen molar-refractivity contribution in [1.82, 2.24) is 10.2 Å². The Labute approximate surface area is 97.3 Å². The number of amides is 1. The van der Waals surface area contributed by atoms with E-state index >= 15 is 0 Å². The van der Waals surface area contributed by atoms with Gasteiger partial charge in [-0.1, -0.05) is 6.92 Å². The summed E-state index contributed by atoms with van der Waals surface area (Å²) in [5.74, 6) is 0.298. The molecule has 0 bridgehead atoms. The van der Waals surface area contributed by atoms with E-state index in [2.05, 4.69) is 17.1 Å². The molecule has 1 amide bonds. The van der Waals surface area contributed by atoms with E-state index in [9.17, 15) is 4.79 Å². The molecule has 2 heterocycles. The smallest absolute Gasteiger partial charge is 0.224 e. The molecule has 92 valence electrons. The second-order valence-electron chi connectivity index (χ2n) is 4.72. The van der Waals surface area contributed by atoms with E-state index in [4.69, 9.17) is 4.74 Å². The van der Waals surface area contributed by atoms with E-state index in [0.29, 0.717) is 25.0 Å². The molecular weight excluding hydrogens is 204 g/mol. The van der Waals surface area contributed by atoms with Gasteiger partial charge in [0.15, 0.2) is 0 Å². The van der Waals surface area contributed by atoms with Crippen LogP contribution >= 0.6 is 0 Å². The van der Waals surface area contributed by atoms with Crippen molar-refractivity contribution in [3.63, 3.8) is 0 Å². The first-order chi connectivity index (χ1) is 7.81. The molecule has 0 aliphatic carbocycles. The number of hydrogen-bond donors (Lipinski definition) is 1. The molecule has 0 spiro atoms. The number of ether oxygens (including phenoxy) is 1. The molecule has 0 aromatic rings. The van der Waals surface area contributed by atoms with Crippen molar-refractivity contribution < 1.29 is 9.53 Å². The molecule has 16 heavy (non-hydrogen) atoms. The topological polar surface area (TPSA) is 41.6 Å². The number of morpholine rings is 1. The summed E-state index contributed by atoms with van der Waals surface area (Å²) in [7, 11) is 0. The minimum absolute atomic E-state index is 0.222. The van der Waals surface area contributed by atoms with E-state index in [-0.39, 0.29) is 6.04 Å². The first-order valence-electron chi connectivity index (χ1n) is 6.42. The summed E-state index contributed by atoms with van der Waals surface area (Å²) in [6.07, 6.45) is 4.02. The lowest BCUT2D eigenvalue weighted by molar-refractivity contribution is -0.133. The zero-order valence-corrected chi connectivity index (χ0v) is 10.1. The van der Waals surface area contributed by atoms with Crippen LogP contribution in [0.15, 0.2) is 0 Å². The van der Waals surface area contributed by atoms with Crippen molar-refractivity contribution in [2.75, 3.05) is 26.3 Å². The van der Waals surface area contributed by atoms with Gasteiger partial charge in [0.1, 0.15) is 0 Å². The van der Waals surface area contributed by atoms with Gasteiger partial charge in [-0.15, -0.1) is 0 Å². The summed E-state index contributed by atoms with van der Waals surface area (Å²) in [5, 5.41) is 3.33. The lowest BCUT2D eigenvalue weighted by Crippen LogP contribution is -2.46. The number of likely N-dealkylation sites (tertiary alicyclic amines) is 1. The molecule has 2 atom stereocenters. The average Bonchev–Trinajstić information content (AvgIpc) is 2.78. The summed E-state index contributed by atoms with van der Waals surface area (Å²) >= 11 is 0. The number of hydrogen-bond acceptors (Lipinski definition) is 3. The number of rotatable bonds is 3. The van der Waals surface area contributed by atoms with Gasteiger partial charge >= 0.3 is 0 Å². The molecule has 0 radical (unpaired) electrons. The van der Waals surface area contributed by atoms with Crippen LogP contribution in [0.2, 0.25) is 0 Å². The van der Waals surface area contributed by atoms with E-state index in [0.717, 1.165) is 26.1 Å².